The first-order chi connectivity index (χ1) is 18.8. The molecule has 39 heavy (non-hydrogen) atoms. The molecule has 0 aliphatic rings. The van der Waals surface area contributed by atoms with Gasteiger partial charge >= 0.3 is 5.97 Å². The highest BCUT2D eigenvalue weighted by atomic mass is 16.4. The van der Waals surface area contributed by atoms with Crippen LogP contribution in [0.25, 0.3) is 0 Å². The number of aliphatic carboxylic acids is 1. The number of hydrogen-bond donors (Lipinski definition) is 7. The summed E-state index contributed by atoms with van der Waals surface area (Å²) < 4.78 is 0. The van der Waals surface area contributed by atoms with Crippen LogP contribution in [0.1, 0.15) is 148 Å². The van der Waals surface area contributed by atoms with Crippen molar-refractivity contribution in [2.24, 2.45) is 5.41 Å². The second kappa shape index (κ2) is 26.1. The molecule has 8 heteroatoms. The highest BCUT2D eigenvalue weighted by Gasteiger charge is 2.36. The lowest BCUT2D eigenvalue weighted by molar-refractivity contribution is -0.137. The number of hydrogen-bond acceptors (Lipinski definition) is 7. The summed E-state index contributed by atoms with van der Waals surface area (Å²) in [7, 11) is 0. The molecule has 234 valence electrons. The normalized spacial score (nSPS) is 15.6. The summed E-state index contributed by atoms with van der Waals surface area (Å²) in [6.07, 6.45) is 20.1. The minimum atomic E-state index is -0.963. The van der Waals surface area contributed by atoms with E-state index in [1.165, 1.54) is 77.0 Å². The van der Waals surface area contributed by atoms with Crippen LogP contribution in [-0.4, -0.2) is 79.8 Å². The SMILES string of the molecule is O=C(O)CCCCCCCCCCCCCCCCCCCCC(CC(O)CO)(CC(O)CO)CC(O)CO. The maximum Gasteiger partial charge on any atom is 0.303 e. The summed E-state index contributed by atoms with van der Waals surface area (Å²) in [4.78, 5) is 10.5. The van der Waals surface area contributed by atoms with Gasteiger partial charge in [0.15, 0.2) is 0 Å². The van der Waals surface area contributed by atoms with Crippen molar-refractivity contribution in [2.45, 2.75) is 166 Å². The smallest absolute Gasteiger partial charge is 0.303 e. The Labute approximate surface area is 237 Å². The summed E-state index contributed by atoms with van der Waals surface area (Å²) in [6, 6.07) is 0. The van der Waals surface area contributed by atoms with Crippen molar-refractivity contribution in [3.8, 4) is 0 Å². The molecule has 0 heterocycles. The molecule has 0 saturated carbocycles. The van der Waals surface area contributed by atoms with Gasteiger partial charge in [0, 0.05) is 6.42 Å². The predicted octanol–water partition coefficient (Wildman–Crippen LogP) is 5.09. The summed E-state index contributed by atoms with van der Waals surface area (Å²) in [5, 5.41) is 66.9. The predicted molar refractivity (Wildman–Crippen MR) is 156 cm³/mol. The Morgan fingerprint density at radius 3 is 0.974 bits per heavy atom. The van der Waals surface area contributed by atoms with Crippen molar-refractivity contribution in [3.05, 3.63) is 0 Å². The maximum absolute atomic E-state index is 10.5. The molecule has 0 fully saturated rings. The molecule has 0 aromatic carbocycles. The largest absolute Gasteiger partial charge is 0.481 e. The van der Waals surface area contributed by atoms with Crippen molar-refractivity contribution in [2.75, 3.05) is 19.8 Å². The molecular formula is C31H62O8. The number of carboxylic acid groups (broad SMARTS) is 1. The fraction of sp³-hybridized carbons (Fsp3) is 0.968. The number of rotatable bonds is 30. The number of aliphatic hydroxyl groups excluding tert-OH is 6. The summed E-state index contributed by atoms with van der Waals surface area (Å²) in [6.45, 7) is -1.19. The van der Waals surface area contributed by atoms with E-state index in [0.29, 0.717) is 12.8 Å². The number of carbonyl (C=O) groups is 1. The van der Waals surface area contributed by atoms with Crippen molar-refractivity contribution in [1.82, 2.24) is 0 Å². The average Bonchev–Trinajstić information content (AvgIpc) is 2.91. The zero-order valence-electron chi connectivity index (χ0n) is 24.7. The van der Waals surface area contributed by atoms with Gasteiger partial charge in [-0.05, 0) is 37.5 Å². The molecule has 0 bridgehead atoms. The Morgan fingerprint density at radius 1 is 0.462 bits per heavy atom. The Balaban J connectivity index is 3.86. The van der Waals surface area contributed by atoms with Gasteiger partial charge in [0.25, 0.3) is 0 Å². The molecule has 3 unspecified atom stereocenters. The van der Waals surface area contributed by atoms with Crippen LogP contribution in [0.5, 0.6) is 0 Å². The second-order valence-electron chi connectivity index (χ2n) is 11.9. The molecule has 0 saturated heterocycles. The first-order valence-electron chi connectivity index (χ1n) is 15.9. The Bertz CT molecular complexity index is 513. The average molecular weight is 563 g/mol. The summed E-state index contributed by atoms with van der Waals surface area (Å²) in [5.74, 6) is -0.686. The third-order valence-corrected chi connectivity index (χ3v) is 7.99. The highest BCUT2D eigenvalue weighted by Crippen LogP contribution is 2.40. The quantitative estimate of drug-likeness (QED) is 0.0596. The van der Waals surface area contributed by atoms with Crippen LogP contribution in [0.2, 0.25) is 0 Å². The molecular weight excluding hydrogens is 500 g/mol. The van der Waals surface area contributed by atoms with Gasteiger partial charge in [-0.1, -0.05) is 109 Å². The van der Waals surface area contributed by atoms with E-state index in [4.69, 9.17) is 5.11 Å². The fourth-order valence-corrected chi connectivity index (χ4v) is 5.85. The van der Waals surface area contributed by atoms with Crippen LogP contribution in [0, 0.1) is 5.41 Å². The van der Waals surface area contributed by atoms with Gasteiger partial charge in [-0.3, -0.25) is 4.79 Å². The first-order valence-corrected chi connectivity index (χ1v) is 15.9. The van der Waals surface area contributed by atoms with E-state index in [9.17, 15) is 35.4 Å². The monoisotopic (exact) mass is 562 g/mol. The molecule has 8 nitrogen and oxygen atoms in total. The molecule has 7 N–H and O–H groups in total. The van der Waals surface area contributed by atoms with Crippen LogP contribution in [-0.2, 0) is 4.79 Å². The van der Waals surface area contributed by atoms with E-state index in [0.717, 1.165) is 38.5 Å². The van der Waals surface area contributed by atoms with Crippen molar-refractivity contribution in [1.29, 1.82) is 0 Å². The standard InChI is InChI=1S/C31H62O8/c32-24-27(35)21-31(22-28(36)25-33,23-29(37)26-34)20-18-16-14-12-10-8-6-4-2-1-3-5-7-9-11-13-15-17-19-30(38)39/h27-29,32-37H,1-26H2,(H,38,39). The molecule has 0 radical (unpaired) electrons. The molecule has 0 aromatic rings. The van der Waals surface area contributed by atoms with E-state index in [1.54, 1.807) is 0 Å². The minimum absolute atomic E-state index is 0.216. The lowest BCUT2D eigenvalue weighted by Crippen LogP contribution is -2.37. The Hall–Kier alpha value is -0.770. The minimum Gasteiger partial charge on any atom is -0.481 e. The van der Waals surface area contributed by atoms with Gasteiger partial charge in [-0.25, -0.2) is 0 Å². The molecule has 0 rings (SSSR count). The number of unbranched alkanes of at least 4 members (excludes halogenated alkanes) is 17. The molecule has 0 amide bonds. The maximum atomic E-state index is 10.5. The van der Waals surface area contributed by atoms with E-state index in [1.807, 2.05) is 0 Å². The molecule has 3 atom stereocenters. The van der Waals surface area contributed by atoms with Gasteiger partial charge in [0.1, 0.15) is 0 Å². The van der Waals surface area contributed by atoms with Crippen molar-refractivity contribution < 1.29 is 40.5 Å². The molecule has 0 aromatic heterocycles. The summed E-state index contributed by atoms with van der Waals surface area (Å²) in [5.41, 5.74) is -0.643. The molecule has 0 spiro atoms. The Morgan fingerprint density at radius 2 is 0.718 bits per heavy atom. The van der Waals surface area contributed by atoms with Gasteiger partial charge in [-0.15, -0.1) is 0 Å². The van der Waals surface area contributed by atoms with Gasteiger partial charge < -0.3 is 35.7 Å². The highest BCUT2D eigenvalue weighted by molar-refractivity contribution is 5.66. The van der Waals surface area contributed by atoms with E-state index in [-0.39, 0.29) is 19.3 Å². The topological polar surface area (TPSA) is 159 Å². The third kappa shape index (κ3) is 23.6. The van der Waals surface area contributed by atoms with Crippen LogP contribution in [0.3, 0.4) is 0 Å². The fourth-order valence-electron chi connectivity index (χ4n) is 5.85. The first kappa shape index (κ1) is 38.2. The third-order valence-electron chi connectivity index (χ3n) is 7.99. The lowest BCUT2D eigenvalue weighted by atomic mass is 9.70. The zero-order valence-corrected chi connectivity index (χ0v) is 24.7. The van der Waals surface area contributed by atoms with Crippen LogP contribution < -0.4 is 0 Å². The van der Waals surface area contributed by atoms with Gasteiger partial charge in [-0.2, -0.15) is 0 Å². The molecule has 0 aliphatic heterocycles. The van der Waals surface area contributed by atoms with Crippen LogP contribution >= 0.6 is 0 Å². The number of carboxylic acids is 1. The van der Waals surface area contributed by atoms with Crippen LogP contribution in [0.4, 0.5) is 0 Å². The van der Waals surface area contributed by atoms with E-state index >= 15 is 0 Å². The Kier molecular flexibility index (Phi) is 25.6. The van der Waals surface area contributed by atoms with E-state index in [2.05, 4.69) is 0 Å². The zero-order chi connectivity index (χ0) is 29.2. The van der Waals surface area contributed by atoms with Gasteiger partial charge in [0.2, 0.25) is 0 Å². The molecule has 0 aliphatic carbocycles. The van der Waals surface area contributed by atoms with Gasteiger partial charge in [0.05, 0.1) is 38.1 Å². The van der Waals surface area contributed by atoms with Crippen molar-refractivity contribution in [3.63, 3.8) is 0 Å². The van der Waals surface area contributed by atoms with E-state index < -0.39 is 49.5 Å². The lowest BCUT2D eigenvalue weighted by Gasteiger charge is -2.38. The summed E-state index contributed by atoms with van der Waals surface area (Å²) >= 11 is 0. The van der Waals surface area contributed by atoms with Crippen molar-refractivity contribution >= 4 is 5.97 Å². The number of aliphatic hydroxyl groups is 6. The second-order valence-corrected chi connectivity index (χ2v) is 11.9. The van der Waals surface area contributed by atoms with Crippen LogP contribution in [0.15, 0.2) is 0 Å².